The normalized spacial score (nSPS) is 31.2. The van der Waals surface area contributed by atoms with Crippen LogP contribution in [0, 0.1) is 5.92 Å². The summed E-state index contributed by atoms with van der Waals surface area (Å²) in [6, 6.07) is 9.84. The van der Waals surface area contributed by atoms with Gasteiger partial charge in [0, 0.05) is 18.0 Å². The molecule has 3 heteroatoms. The number of fused-ring (bicyclic) bond motifs is 2. The molecule has 126 valence electrons. The van der Waals surface area contributed by atoms with E-state index in [4.69, 9.17) is 4.74 Å². The Balaban J connectivity index is 1.92. The van der Waals surface area contributed by atoms with Crippen molar-refractivity contribution in [3.8, 4) is 0 Å². The highest BCUT2D eigenvalue weighted by Gasteiger charge is 2.49. The van der Waals surface area contributed by atoms with Gasteiger partial charge in [0.2, 0.25) is 0 Å². The number of hydrogen-bond acceptors (Lipinski definition) is 3. The van der Waals surface area contributed by atoms with Gasteiger partial charge in [-0.2, -0.15) is 0 Å². The van der Waals surface area contributed by atoms with Crippen molar-refractivity contribution in [3.05, 3.63) is 35.4 Å². The van der Waals surface area contributed by atoms with Gasteiger partial charge in [-0.25, -0.2) is 0 Å². The van der Waals surface area contributed by atoms with Gasteiger partial charge in [-0.15, -0.1) is 0 Å². The Labute approximate surface area is 140 Å². The highest BCUT2D eigenvalue weighted by Crippen LogP contribution is 2.46. The number of rotatable bonds is 2. The van der Waals surface area contributed by atoms with Gasteiger partial charge in [0.1, 0.15) is 0 Å². The SMILES string of the molecule is COC(=O)[C@H]1[C@H](c2ccc(C(C)(C)C)cc2)C[C@H]2CC[C@@H]1N2C. The van der Waals surface area contributed by atoms with Gasteiger partial charge >= 0.3 is 5.97 Å². The number of benzene rings is 1. The van der Waals surface area contributed by atoms with Crippen molar-refractivity contribution < 1.29 is 9.53 Å². The summed E-state index contributed by atoms with van der Waals surface area (Å²) in [6.07, 6.45) is 3.37. The molecule has 0 N–H and O–H groups in total. The molecule has 0 aliphatic carbocycles. The first-order chi connectivity index (χ1) is 10.8. The Morgan fingerprint density at radius 2 is 1.83 bits per heavy atom. The molecular weight excluding hydrogens is 286 g/mol. The van der Waals surface area contributed by atoms with Gasteiger partial charge < -0.3 is 4.74 Å². The zero-order valence-electron chi connectivity index (χ0n) is 15.0. The fourth-order valence-corrected chi connectivity index (χ4v) is 4.50. The third kappa shape index (κ3) is 2.91. The maximum Gasteiger partial charge on any atom is 0.310 e. The van der Waals surface area contributed by atoms with Crippen LogP contribution in [0.3, 0.4) is 0 Å². The lowest BCUT2D eigenvalue weighted by Crippen LogP contribution is -2.49. The third-order valence-electron chi connectivity index (χ3n) is 5.95. The van der Waals surface area contributed by atoms with E-state index < -0.39 is 0 Å². The fraction of sp³-hybridized carbons (Fsp3) is 0.650. The van der Waals surface area contributed by atoms with Gasteiger partial charge in [-0.3, -0.25) is 9.69 Å². The molecule has 0 amide bonds. The smallest absolute Gasteiger partial charge is 0.310 e. The second kappa shape index (κ2) is 5.94. The number of hydrogen-bond donors (Lipinski definition) is 0. The minimum Gasteiger partial charge on any atom is -0.469 e. The van der Waals surface area contributed by atoms with Gasteiger partial charge in [-0.05, 0) is 42.9 Å². The molecule has 1 aromatic rings. The first kappa shape index (κ1) is 16.5. The van der Waals surface area contributed by atoms with Crippen molar-refractivity contribution in [1.82, 2.24) is 4.90 Å². The average Bonchev–Trinajstić information content (AvgIpc) is 2.75. The number of carbonyl (C=O) groups excluding carboxylic acids is 1. The Bertz CT molecular complexity index is 572. The molecule has 2 heterocycles. The van der Waals surface area contributed by atoms with E-state index >= 15 is 0 Å². The first-order valence-corrected chi connectivity index (χ1v) is 8.73. The van der Waals surface area contributed by atoms with Crippen LogP contribution in [0.5, 0.6) is 0 Å². The molecule has 1 aromatic carbocycles. The van der Waals surface area contributed by atoms with Crippen molar-refractivity contribution in [1.29, 1.82) is 0 Å². The number of carbonyl (C=O) groups is 1. The van der Waals surface area contributed by atoms with Crippen LogP contribution in [0.25, 0.3) is 0 Å². The largest absolute Gasteiger partial charge is 0.469 e. The number of methoxy groups -OCH3 is 1. The molecule has 2 aliphatic heterocycles. The average molecular weight is 315 g/mol. The molecule has 3 nitrogen and oxygen atoms in total. The maximum absolute atomic E-state index is 12.5. The molecule has 0 spiro atoms. The van der Waals surface area contributed by atoms with E-state index in [0.29, 0.717) is 12.1 Å². The standard InChI is InChI=1S/C20H29NO2/c1-20(2,3)14-8-6-13(7-9-14)16-12-15-10-11-17(21(15)4)18(16)19(22)23-5/h6-9,15-18H,10-12H2,1-5H3/t15-,16+,17+,18+/m1/s1. The van der Waals surface area contributed by atoms with Crippen molar-refractivity contribution in [2.45, 2.75) is 63.5 Å². The molecule has 2 saturated heterocycles. The van der Waals surface area contributed by atoms with Crippen molar-refractivity contribution in [3.63, 3.8) is 0 Å². The van der Waals surface area contributed by atoms with E-state index in [2.05, 4.69) is 57.0 Å². The van der Waals surface area contributed by atoms with Crippen molar-refractivity contribution in [2.24, 2.45) is 5.92 Å². The van der Waals surface area contributed by atoms with Crippen LogP contribution in [0.2, 0.25) is 0 Å². The molecule has 0 unspecified atom stereocenters. The van der Waals surface area contributed by atoms with Crippen LogP contribution >= 0.6 is 0 Å². The molecule has 0 radical (unpaired) electrons. The maximum atomic E-state index is 12.5. The molecule has 3 rings (SSSR count). The summed E-state index contributed by atoms with van der Waals surface area (Å²) in [6.45, 7) is 6.69. The predicted octanol–water partition coefficient (Wildman–Crippen LogP) is 3.72. The summed E-state index contributed by atoms with van der Waals surface area (Å²) in [5.74, 6) is 0.196. The summed E-state index contributed by atoms with van der Waals surface area (Å²) < 4.78 is 5.15. The van der Waals surface area contributed by atoms with Gasteiger partial charge in [0.05, 0.1) is 13.0 Å². The monoisotopic (exact) mass is 315 g/mol. The Kier molecular flexibility index (Phi) is 4.26. The van der Waals surface area contributed by atoms with Crippen LogP contribution in [-0.2, 0) is 14.9 Å². The van der Waals surface area contributed by atoms with E-state index in [9.17, 15) is 4.79 Å². The molecule has 2 aliphatic rings. The highest BCUT2D eigenvalue weighted by molar-refractivity contribution is 5.75. The number of piperidine rings is 1. The first-order valence-electron chi connectivity index (χ1n) is 8.73. The quantitative estimate of drug-likeness (QED) is 0.779. The van der Waals surface area contributed by atoms with Crippen LogP contribution in [0.15, 0.2) is 24.3 Å². The van der Waals surface area contributed by atoms with Crippen molar-refractivity contribution in [2.75, 3.05) is 14.2 Å². The molecular formula is C20H29NO2. The van der Waals surface area contributed by atoms with E-state index in [0.717, 1.165) is 12.8 Å². The summed E-state index contributed by atoms with van der Waals surface area (Å²) in [5, 5.41) is 0. The van der Waals surface area contributed by atoms with Crippen molar-refractivity contribution >= 4 is 5.97 Å². The lowest BCUT2D eigenvalue weighted by atomic mass is 9.75. The number of esters is 1. The summed E-state index contributed by atoms with van der Waals surface area (Å²) in [5.41, 5.74) is 2.79. The lowest BCUT2D eigenvalue weighted by Gasteiger charge is -2.41. The van der Waals surface area contributed by atoms with Crippen LogP contribution < -0.4 is 0 Å². The summed E-state index contributed by atoms with van der Waals surface area (Å²) in [4.78, 5) is 14.9. The molecule has 4 atom stereocenters. The molecule has 0 saturated carbocycles. The van der Waals surface area contributed by atoms with Crippen LogP contribution in [0.1, 0.15) is 57.1 Å². The van der Waals surface area contributed by atoms with Gasteiger partial charge in [0.25, 0.3) is 0 Å². The Hall–Kier alpha value is -1.35. The Morgan fingerprint density at radius 3 is 2.39 bits per heavy atom. The predicted molar refractivity (Wildman–Crippen MR) is 92.6 cm³/mol. The van der Waals surface area contributed by atoms with Gasteiger partial charge in [-0.1, -0.05) is 45.0 Å². The number of nitrogens with zero attached hydrogens (tertiary/aromatic N) is 1. The minimum absolute atomic E-state index is 0.0377. The van der Waals surface area contributed by atoms with Gasteiger partial charge in [0.15, 0.2) is 0 Å². The molecule has 0 aromatic heterocycles. The molecule has 2 bridgehead atoms. The zero-order chi connectivity index (χ0) is 16.8. The van der Waals surface area contributed by atoms with E-state index in [1.54, 1.807) is 0 Å². The minimum atomic E-state index is -0.0490. The fourth-order valence-electron chi connectivity index (χ4n) is 4.50. The topological polar surface area (TPSA) is 29.5 Å². The molecule has 2 fully saturated rings. The Morgan fingerprint density at radius 1 is 1.17 bits per heavy atom. The van der Waals surface area contributed by atoms with Crippen LogP contribution in [0.4, 0.5) is 0 Å². The molecule has 23 heavy (non-hydrogen) atoms. The van der Waals surface area contributed by atoms with E-state index in [1.165, 1.54) is 24.7 Å². The summed E-state index contributed by atoms with van der Waals surface area (Å²) in [7, 11) is 3.68. The highest BCUT2D eigenvalue weighted by atomic mass is 16.5. The summed E-state index contributed by atoms with van der Waals surface area (Å²) >= 11 is 0. The van der Waals surface area contributed by atoms with Crippen LogP contribution in [-0.4, -0.2) is 37.1 Å². The third-order valence-corrected chi connectivity index (χ3v) is 5.95. The second-order valence-electron chi connectivity index (χ2n) is 8.23. The lowest BCUT2D eigenvalue weighted by molar-refractivity contribution is -0.150. The van der Waals surface area contributed by atoms with E-state index in [-0.39, 0.29) is 23.2 Å². The van der Waals surface area contributed by atoms with E-state index in [1.807, 2.05) is 0 Å². The number of ether oxygens (including phenoxy) is 1. The zero-order valence-corrected chi connectivity index (χ0v) is 15.0. The second-order valence-corrected chi connectivity index (χ2v) is 8.23.